The van der Waals surface area contributed by atoms with Gasteiger partial charge in [0.15, 0.2) is 0 Å². The molecule has 0 amide bonds. The van der Waals surface area contributed by atoms with Crippen LogP contribution in [-0.4, -0.2) is 21.6 Å². The van der Waals surface area contributed by atoms with Crippen molar-refractivity contribution in [1.82, 2.24) is 4.98 Å². The number of carboxylic acids is 1. The highest BCUT2D eigenvalue weighted by molar-refractivity contribution is 6.29. The molecule has 0 saturated heterocycles. The normalized spacial score (nSPS) is 11.3. The molecule has 0 unspecified atom stereocenters. The maximum atomic E-state index is 11.1. The third kappa shape index (κ3) is 3.89. The first-order valence-corrected chi connectivity index (χ1v) is 5.91. The van der Waals surface area contributed by atoms with Gasteiger partial charge in [-0.15, -0.1) is 0 Å². The van der Waals surface area contributed by atoms with Gasteiger partial charge in [0.1, 0.15) is 16.5 Å². The maximum Gasteiger partial charge on any atom is 0.339 e. The first-order chi connectivity index (χ1) is 7.85. The molecule has 17 heavy (non-hydrogen) atoms. The van der Waals surface area contributed by atoms with E-state index in [0.717, 1.165) is 12.8 Å². The Labute approximate surface area is 106 Å². The molecule has 0 aromatic carbocycles. The van der Waals surface area contributed by atoms with Gasteiger partial charge in [-0.3, -0.25) is 0 Å². The van der Waals surface area contributed by atoms with E-state index in [-0.39, 0.29) is 16.3 Å². The molecule has 1 aromatic rings. The van der Waals surface area contributed by atoms with Crippen LogP contribution in [0, 0.1) is 0 Å². The molecule has 94 valence electrons. The molecule has 0 radical (unpaired) electrons. The molecule has 0 bridgehead atoms. The first kappa shape index (κ1) is 13.8. The van der Waals surface area contributed by atoms with Gasteiger partial charge in [-0.1, -0.05) is 24.9 Å². The van der Waals surface area contributed by atoms with Gasteiger partial charge in [-0.05, 0) is 32.4 Å². The van der Waals surface area contributed by atoms with Crippen LogP contribution in [0.2, 0.25) is 5.15 Å². The quantitative estimate of drug-likeness (QED) is 0.793. The molecule has 1 rings (SSSR count). The fourth-order valence-corrected chi connectivity index (χ4v) is 1.86. The fraction of sp³-hybridized carbons (Fsp3) is 0.500. The third-order valence-corrected chi connectivity index (χ3v) is 2.63. The van der Waals surface area contributed by atoms with Gasteiger partial charge in [-0.25, -0.2) is 9.78 Å². The van der Waals surface area contributed by atoms with Gasteiger partial charge in [0.05, 0.1) is 0 Å². The van der Waals surface area contributed by atoms with Gasteiger partial charge in [0.25, 0.3) is 0 Å². The van der Waals surface area contributed by atoms with E-state index in [1.165, 1.54) is 12.1 Å². The number of aromatic carboxylic acids is 1. The first-order valence-electron chi connectivity index (χ1n) is 5.54. The minimum absolute atomic E-state index is 0.138. The Hall–Kier alpha value is -1.29. The molecular weight excluding hydrogens is 240 g/mol. The van der Waals surface area contributed by atoms with Crippen LogP contribution in [0.1, 0.15) is 44.0 Å². The number of rotatable bonds is 5. The van der Waals surface area contributed by atoms with E-state index in [4.69, 9.17) is 16.7 Å². The van der Waals surface area contributed by atoms with Crippen molar-refractivity contribution in [3.8, 4) is 0 Å². The fourth-order valence-electron chi connectivity index (χ4n) is 1.71. The summed E-state index contributed by atoms with van der Waals surface area (Å²) in [6.07, 6.45) is 1.92. The summed E-state index contributed by atoms with van der Waals surface area (Å²) in [5, 5.41) is 12.5. The van der Waals surface area contributed by atoms with Crippen LogP contribution < -0.4 is 5.32 Å². The molecule has 0 aliphatic rings. The smallest absolute Gasteiger partial charge is 0.339 e. The van der Waals surface area contributed by atoms with Gasteiger partial charge in [0.2, 0.25) is 0 Å². The van der Waals surface area contributed by atoms with Gasteiger partial charge >= 0.3 is 5.97 Å². The summed E-state index contributed by atoms with van der Waals surface area (Å²) >= 11 is 5.78. The molecule has 0 saturated carbocycles. The lowest BCUT2D eigenvalue weighted by molar-refractivity contribution is 0.0697. The molecule has 0 atom stereocenters. The third-order valence-electron chi connectivity index (χ3n) is 2.42. The second-order valence-corrected chi connectivity index (χ2v) is 4.98. The highest BCUT2D eigenvalue weighted by Crippen LogP contribution is 2.23. The van der Waals surface area contributed by atoms with Crippen molar-refractivity contribution in [3.63, 3.8) is 0 Å². The molecule has 2 N–H and O–H groups in total. The maximum absolute atomic E-state index is 11.1. The van der Waals surface area contributed by atoms with E-state index in [9.17, 15) is 4.79 Å². The average molecular weight is 257 g/mol. The number of aromatic nitrogens is 1. The second kappa shape index (κ2) is 5.36. The molecule has 0 spiro atoms. The van der Waals surface area contributed by atoms with Crippen LogP contribution in [0.3, 0.4) is 0 Å². The number of nitrogens with one attached hydrogen (secondary N) is 1. The molecule has 0 aliphatic heterocycles. The number of carbonyl (C=O) groups is 1. The second-order valence-electron chi connectivity index (χ2n) is 4.59. The van der Waals surface area contributed by atoms with Crippen molar-refractivity contribution in [1.29, 1.82) is 0 Å². The van der Waals surface area contributed by atoms with Gasteiger partial charge in [-0.2, -0.15) is 0 Å². The highest BCUT2D eigenvalue weighted by Gasteiger charge is 2.20. The summed E-state index contributed by atoms with van der Waals surface area (Å²) in [6.45, 7) is 6.09. The molecule has 0 aliphatic carbocycles. The lowest BCUT2D eigenvalue weighted by atomic mass is 9.98. The number of halogens is 1. The van der Waals surface area contributed by atoms with E-state index in [2.05, 4.69) is 17.2 Å². The standard InChI is InChI=1S/C12H17ClN2O2/c1-4-7-12(2,3)15-10-8(11(16)17)5-6-9(13)14-10/h5-6H,4,7H2,1-3H3,(H,14,15)(H,16,17). The summed E-state index contributed by atoms with van der Waals surface area (Å²) in [4.78, 5) is 15.1. The summed E-state index contributed by atoms with van der Waals surface area (Å²) < 4.78 is 0. The van der Waals surface area contributed by atoms with Gasteiger partial charge in [0, 0.05) is 5.54 Å². The van der Waals surface area contributed by atoms with Crippen LogP contribution in [0.15, 0.2) is 12.1 Å². The van der Waals surface area contributed by atoms with E-state index >= 15 is 0 Å². The van der Waals surface area contributed by atoms with E-state index < -0.39 is 5.97 Å². The monoisotopic (exact) mass is 256 g/mol. The zero-order valence-electron chi connectivity index (χ0n) is 10.2. The predicted molar refractivity (Wildman–Crippen MR) is 68.8 cm³/mol. The Morgan fingerprint density at radius 3 is 2.71 bits per heavy atom. The lowest BCUT2D eigenvalue weighted by Gasteiger charge is -2.27. The number of hydrogen-bond donors (Lipinski definition) is 2. The van der Waals surface area contributed by atoms with E-state index in [0.29, 0.717) is 5.82 Å². The van der Waals surface area contributed by atoms with Crippen LogP contribution in [0.4, 0.5) is 5.82 Å². The SMILES string of the molecule is CCCC(C)(C)Nc1nc(Cl)ccc1C(=O)O. The van der Waals surface area contributed by atoms with Crippen molar-refractivity contribution < 1.29 is 9.90 Å². The summed E-state index contributed by atoms with van der Waals surface area (Å²) in [6, 6.07) is 2.94. The van der Waals surface area contributed by atoms with Crippen molar-refractivity contribution >= 4 is 23.4 Å². The molecule has 1 heterocycles. The van der Waals surface area contributed by atoms with Crippen molar-refractivity contribution in [2.75, 3.05) is 5.32 Å². The van der Waals surface area contributed by atoms with Crippen LogP contribution >= 0.6 is 11.6 Å². The van der Waals surface area contributed by atoms with Crippen molar-refractivity contribution in [2.24, 2.45) is 0 Å². The number of hydrogen-bond acceptors (Lipinski definition) is 3. The molecule has 5 heteroatoms. The minimum atomic E-state index is -1.01. The molecular formula is C12H17ClN2O2. The molecule has 1 aromatic heterocycles. The highest BCUT2D eigenvalue weighted by atomic mass is 35.5. The number of carboxylic acid groups (broad SMARTS) is 1. The molecule has 0 fully saturated rings. The summed E-state index contributed by atoms with van der Waals surface area (Å²) in [7, 11) is 0. The Bertz CT molecular complexity index is 419. The Morgan fingerprint density at radius 2 is 2.18 bits per heavy atom. The van der Waals surface area contributed by atoms with Crippen molar-refractivity contribution in [3.05, 3.63) is 22.8 Å². The number of anilines is 1. The number of pyridine rings is 1. The Kier molecular flexibility index (Phi) is 4.34. The largest absolute Gasteiger partial charge is 0.478 e. The minimum Gasteiger partial charge on any atom is -0.478 e. The van der Waals surface area contributed by atoms with Crippen molar-refractivity contribution in [2.45, 2.75) is 39.2 Å². The zero-order chi connectivity index (χ0) is 13.1. The summed E-state index contributed by atoms with van der Waals surface area (Å²) in [5.41, 5.74) is -0.0741. The van der Waals surface area contributed by atoms with Crippen LogP contribution in [0.5, 0.6) is 0 Å². The average Bonchev–Trinajstić information content (AvgIpc) is 2.15. The summed E-state index contributed by atoms with van der Waals surface area (Å²) in [5.74, 6) is -0.688. The zero-order valence-corrected chi connectivity index (χ0v) is 11.0. The van der Waals surface area contributed by atoms with Gasteiger partial charge < -0.3 is 10.4 Å². The Balaban J connectivity index is 3.04. The predicted octanol–water partition coefficient (Wildman–Crippen LogP) is 3.42. The van der Waals surface area contributed by atoms with Crippen LogP contribution in [-0.2, 0) is 0 Å². The lowest BCUT2D eigenvalue weighted by Crippen LogP contribution is -2.31. The molecule has 4 nitrogen and oxygen atoms in total. The Morgan fingerprint density at radius 1 is 1.53 bits per heavy atom. The van der Waals surface area contributed by atoms with E-state index in [1.54, 1.807) is 0 Å². The number of nitrogens with zero attached hydrogens (tertiary/aromatic N) is 1. The topological polar surface area (TPSA) is 62.2 Å². The van der Waals surface area contributed by atoms with E-state index in [1.807, 2.05) is 13.8 Å². The van der Waals surface area contributed by atoms with Crippen LogP contribution in [0.25, 0.3) is 0 Å².